The second kappa shape index (κ2) is 6.15. The molecule has 0 saturated heterocycles. The third-order valence-corrected chi connectivity index (χ3v) is 3.55. The predicted molar refractivity (Wildman–Crippen MR) is 69.5 cm³/mol. The largest absolute Gasteiger partial charge is 0.314 e. The summed E-state index contributed by atoms with van der Waals surface area (Å²) in [4.78, 5) is 0. The standard InChI is InChI=1S/C15H22FN/c1-2-17-15(13-8-9-13)5-3-4-12-6-10-14(16)11-7-12/h6-7,10-11,13,15,17H,2-5,8-9H2,1H3. The van der Waals surface area contributed by atoms with Gasteiger partial charge in [0.05, 0.1) is 0 Å². The third-order valence-electron chi connectivity index (χ3n) is 3.55. The van der Waals surface area contributed by atoms with Crippen molar-refractivity contribution in [2.75, 3.05) is 6.54 Å². The van der Waals surface area contributed by atoms with Crippen molar-refractivity contribution in [2.45, 2.75) is 45.1 Å². The summed E-state index contributed by atoms with van der Waals surface area (Å²) in [6.45, 7) is 3.24. The fourth-order valence-corrected chi connectivity index (χ4v) is 2.44. The lowest BCUT2D eigenvalue weighted by Crippen LogP contribution is -2.30. The average molecular weight is 235 g/mol. The van der Waals surface area contributed by atoms with E-state index < -0.39 is 0 Å². The molecule has 2 rings (SSSR count). The Hall–Kier alpha value is -0.890. The van der Waals surface area contributed by atoms with Crippen molar-refractivity contribution >= 4 is 0 Å². The summed E-state index contributed by atoms with van der Waals surface area (Å²) in [5, 5.41) is 3.58. The van der Waals surface area contributed by atoms with E-state index in [0.29, 0.717) is 6.04 Å². The summed E-state index contributed by atoms with van der Waals surface area (Å²) in [5.41, 5.74) is 1.25. The molecule has 1 atom stereocenters. The Morgan fingerprint density at radius 3 is 2.59 bits per heavy atom. The molecule has 17 heavy (non-hydrogen) atoms. The minimum Gasteiger partial charge on any atom is -0.314 e. The highest BCUT2D eigenvalue weighted by Crippen LogP contribution is 2.34. The quantitative estimate of drug-likeness (QED) is 0.762. The van der Waals surface area contributed by atoms with Gasteiger partial charge < -0.3 is 5.32 Å². The second-order valence-electron chi connectivity index (χ2n) is 5.02. The van der Waals surface area contributed by atoms with Crippen molar-refractivity contribution in [2.24, 2.45) is 5.92 Å². The normalized spacial score (nSPS) is 17.1. The van der Waals surface area contributed by atoms with Crippen molar-refractivity contribution in [3.05, 3.63) is 35.6 Å². The van der Waals surface area contributed by atoms with Gasteiger partial charge in [-0.3, -0.25) is 0 Å². The molecule has 0 aliphatic heterocycles. The van der Waals surface area contributed by atoms with Crippen LogP contribution in [-0.2, 0) is 6.42 Å². The van der Waals surface area contributed by atoms with Gasteiger partial charge in [-0.05, 0) is 62.3 Å². The Balaban J connectivity index is 1.72. The first-order valence-corrected chi connectivity index (χ1v) is 6.77. The van der Waals surface area contributed by atoms with Crippen LogP contribution in [0.1, 0.15) is 38.2 Å². The molecule has 1 fully saturated rings. The minimum absolute atomic E-state index is 0.141. The zero-order chi connectivity index (χ0) is 12.1. The van der Waals surface area contributed by atoms with Gasteiger partial charge >= 0.3 is 0 Å². The number of halogens is 1. The maximum Gasteiger partial charge on any atom is 0.123 e. The molecule has 94 valence electrons. The molecular weight excluding hydrogens is 213 g/mol. The number of rotatable bonds is 7. The van der Waals surface area contributed by atoms with Gasteiger partial charge in [0.25, 0.3) is 0 Å². The van der Waals surface area contributed by atoms with Gasteiger partial charge in [0.15, 0.2) is 0 Å². The van der Waals surface area contributed by atoms with E-state index in [2.05, 4.69) is 12.2 Å². The second-order valence-corrected chi connectivity index (χ2v) is 5.02. The summed E-state index contributed by atoms with van der Waals surface area (Å²) in [6, 6.07) is 7.61. The predicted octanol–water partition coefficient (Wildman–Crippen LogP) is 3.54. The van der Waals surface area contributed by atoms with E-state index in [4.69, 9.17) is 0 Å². The summed E-state index contributed by atoms with van der Waals surface area (Å²) in [7, 11) is 0. The molecule has 1 aromatic carbocycles. The average Bonchev–Trinajstić information content (AvgIpc) is 3.15. The topological polar surface area (TPSA) is 12.0 Å². The zero-order valence-electron chi connectivity index (χ0n) is 10.6. The summed E-state index contributed by atoms with van der Waals surface area (Å²) in [6.07, 6.45) is 6.30. The molecule has 0 spiro atoms. The van der Waals surface area contributed by atoms with Gasteiger partial charge in [-0.25, -0.2) is 4.39 Å². The van der Waals surface area contributed by atoms with Crippen LogP contribution in [0.25, 0.3) is 0 Å². The monoisotopic (exact) mass is 235 g/mol. The first kappa shape index (κ1) is 12.6. The lowest BCUT2D eigenvalue weighted by molar-refractivity contribution is 0.434. The summed E-state index contributed by atoms with van der Waals surface area (Å²) < 4.78 is 12.7. The van der Waals surface area contributed by atoms with Crippen LogP contribution < -0.4 is 5.32 Å². The van der Waals surface area contributed by atoms with Gasteiger partial charge in [-0.15, -0.1) is 0 Å². The SMILES string of the molecule is CCNC(CCCc1ccc(F)cc1)C1CC1. The molecule has 1 nitrogen and oxygen atoms in total. The van der Waals surface area contributed by atoms with Crippen molar-refractivity contribution < 1.29 is 4.39 Å². The van der Waals surface area contributed by atoms with Gasteiger partial charge in [-0.2, -0.15) is 0 Å². The smallest absolute Gasteiger partial charge is 0.123 e. The molecular formula is C15H22FN. The van der Waals surface area contributed by atoms with E-state index in [1.807, 2.05) is 12.1 Å². The van der Waals surface area contributed by atoms with Crippen LogP contribution in [0.5, 0.6) is 0 Å². The maximum atomic E-state index is 12.7. The van der Waals surface area contributed by atoms with Crippen LogP contribution in [0.2, 0.25) is 0 Å². The molecule has 1 aliphatic carbocycles. The zero-order valence-corrected chi connectivity index (χ0v) is 10.6. The number of aryl methyl sites for hydroxylation is 1. The van der Waals surface area contributed by atoms with Crippen LogP contribution in [0.4, 0.5) is 4.39 Å². The van der Waals surface area contributed by atoms with E-state index in [9.17, 15) is 4.39 Å². The number of hydrogen-bond donors (Lipinski definition) is 1. The number of hydrogen-bond acceptors (Lipinski definition) is 1. The Kier molecular flexibility index (Phi) is 4.55. The van der Waals surface area contributed by atoms with Crippen molar-refractivity contribution in [1.82, 2.24) is 5.32 Å². The first-order chi connectivity index (χ1) is 8.29. The molecule has 0 radical (unpaired) electrons. The fourth-order valence-electron chi connectivity index (χ4n) is 2.44. The molecule has 1 aromatic rings. The van der Waals surface area contributed by atoms with Crippen molar-refractivity contribution in [3.63, 3.8) is 0 Å². The number of nitrogens with one attached hydrogen (secondary N) is 1. The molecule has 1 unspecified atom stereocenters. The van der Waals surface area contributed by atoms with E-state index in [1.165, 1.54) is 31.2 Å². The Bertz CT molecular complexity index is 329. The molecule has 1 aliphatic rings. The van der Waals surface area contributed by atoms with Crippen LogP contribution in [0.15, 0.2) is 24.3 Å². The lowest BCUT2D eigenvalue weighted by atomic mass is 10.0. The van der Waals surface area contributed by atoms with Crippen LogP contribution in [0, 0.1) is 11.7 Å². The van der Waals surface area contributed by atoms with Crippen LogP contribution in [0.3, 0.4) is 0 Å². The van der Waals surface area contributed by atoms with Gasteiger partial charge in [0, 0.05) is 6.04 Å². The molecule has 0 bridgehead atoms. The van der Waals surface area contributed by atoms with Gasteiger partial charge in [0.2, 0.25) is 0 Å². The molecule has 0 aromatic heterocycles. The Morgan fingerprint density at radius 1 is 1.29 bits per heavy atom. The van der Waals surface area contributed by atoms with Gasteiger partial charge in [0.1, 0.15) is 5.82 Å². The van der Waals surface area contributed by atoms with E-state index >= 15 is 0 Å². The number of benzene rings is 1. The minimum atomic E-state index is -0.141. The Morgan fingerprint density at radius 2 is 2.00 bits per heavy atom. The van der Waals surface area contributed by atoms with Crippen LogP contribution >= 0.6 is 0 Å². The van der Waals surface area contributed by atoms with E-state index in [0.717, 1.165) is 18.9 Å². The first-order valence-electron chi connectivity index (χ1n) is 6.77. The highest BCUT2D eigenvalue weighted by Gasteiger charge is 2.29. The summed E-state index contributed by atoms with van der Waals surface area (Å²) >= 11 is 0. The van der Waals surface area contributed by atoms with E-state index in [-0.39, 0.29) is 5.82 Å². The highest BCUT2D eigenvalue weighted by atomic mass is 19.1. The highest BCUT2D eigenvalue weighted by molar-refractivity contribution is 5.16. The molecule has 0 amide bonds. The molecule has 2 heteroatoms. The fraction of sp³-hybridized carbons (Fsp3) is 0.600. The molecule has 1 saturated carbocycles. The third kappa shape index (κ3) is 4.12. The molecule has 1 N–H and O–H groups in total. The van der Waals surface area contributed by atoms with E-state index in [1.54, 1.807) is 12.1 Å². The van der Waals surface area contributed by atoms with Crippen LogP contribution in [-0.4, -0.2) is 12.6 Å². The maximum absolute atomic E-state index is 12.7. The Labute approximate surface area is 103 Å². The van der Waals surface area contributed by atoms with Gasteiger partial charge in [-0.1, -0.05) is 19.1 Å². The van der Waals surface area contributed by atoms with Crippen molar-refractivity contribution in [3.8, 4) is 0 Å². The summed E-state index contributed by atoms with van der Waals surface area (Å²) in [5.74, 6) is 0.778. The molecule has 0 heterocycles. The van der Waals surface area contributed by atoms with Crippen molar-refractivity contribution in [1.29, 1.82) is 0 Å². The lowest BCUT2D eigenvalue weighted by Gasteiger charge is -2.16.